The van der Waals surface area contributed by atoms with Gasteiger partial charge in [-0.3, -0.25) is 4.79 Å². The second kappa shape index (κ2) is 4.97. The number of aryl methyl sites for hydroxylation is 1. The van der Waals surface area contributed by atoms with Gasteiger partial charge in [0.05, 0.1) is 16.5 Å². The van der Waals surface area contributed by atoms with E-state index in [4.69, 9.17) is 0 Å². The molecule has 90 valence electrons. The highest BCUT2D eigenvalue weighted by Crippen LogP contribution is 2.18. The third-order valence-corrected chi connectivity index (χ3v) is 3.94. The van der Waals surface area contributed by atoms with Crippen LogP contribution >= 0.6 is 11.3 Å². The molecule has 0 fully saturated rings. The Morgan fingerprint density at radius 1 is 1.56 bits per heavy atom. The summed E-state index contributed by atoms with van der Waals surface area (Å²) in [4.78, 5) is 13.8. The quantitative estimate of drug-likeness (QED) is 0.849. The molecule has 0 saturated heterocycles. The largest absolute Gasteiger partial charge is 0.391 e. The van der Waals surface area contributed by atoms with Crippen LogP contribution in [0.15, 0.2) is 12.1 Å². The molecule has 1 amide bonds. The summed E-state index contributed by atoms with van der Waals surface area (Å²) >= 11 is 1.50. The van der Waals surface area contributed by atoms with Gasteiger partial charge in [-0.15, -0.1) is 11.3 Å². The summed E-state index contributed by atoms with van der Waals surface area (Å²) in [5.74, 6) is -0.115. The fourth-order valence-corrected chi connectivity index (χ4v) is 1.99. The predicted octanol–water partition coefficient (Wildman–Crippen LogP) is 2.20. The number of nitrogens with one attached hydrogen (secondary N) is 1. The average molecular weight is 241 g/mol. The van der Waals surface area contributed by atoms with Crippen molar-refractivity contribution in [2.24, 2.45) is 0 Å². The third-order valence-electron chi connectivity index (χ3n) is 2.71. The molecule has 0 aliphatic rings. The van der Waals surface area contributed by atoms with Crippen molar-refractivity contribution in [3.8, 4) is 0 Å². The first-order chi connectivity index (χ1) is 7.36. The average Bonchev–Trinajstić information content (AvgIpc) is 2.64. The first-order valence-electron chi connectivity index (χ1n) is 5.46. The summed E-state index contributed by atoms with van der Waals surface area (Å²) < 4.78 is 0. The van der Waals surface area contributed by atoms with Crippen LogP contribution in [0.3, 0.4) is 0 Å². The number of carbonyl (C=O) groups excluding carboxylic acids is 1. The molecule has 4 heteroatoms. The van der Waals surface area contributed by atoms with E-state index in [0.717, 1.165) is 6.42 Å². The Balaban J connectivity index is 2.72. The van der Waals surface area contributed by atoms with Crippen LogP contribution in [0.2, 0.25) is 0 Å². The molecule has 1 atom stereocenters. The van der Waals surface area contributed by atoms with E-state index in [2.05, 4.69) is 12.2 Å². The van der Waals surface area contributed by atoms with Crippen molar-refractivity contribution in [2.45, 2.75) is 45.8 Å². The maximum atomic E-state index is 11.9. The van der Waals surface area contributed by atoms with Gasteiger partial charge < -0.3 is 10.4 Å². The molecule has 0 aromatic carbocycles. The Morgan fingerprint density at radius 2 is 2.19 bits per heavy atom. The maximum absolute atomic E-state index is 11.9. The van der Waals surface area contributed by atoms with Gasteiger partial charge in [0.25, 0.3) is 5.91 Å². The first-order valence-corrected chi connectivity index (χ1v) is 6.27. The molecule has 0 bridgehead atoms. The van der Waals surface area contributed by atoms with E-state index in [1.165, 1.54) is 16.2 Å². The zero-order valence-electron chi connectivity index (χ0n) is 10.2. The van der Waals surface area contributed by atoms with Gasteiger partial charge in [0.1, 0.15) is 0 Å². The molecule has 1 heterocycles. The summed E-state index contributed by atoms with van der Waals surface area (Å²) in [6.45, 7) is 7.35. The number of carbonyl (C=O) groups is 1. The molecule has 3 nitrogen and oxygen atoms in total. The maximum Gasteiger partial charge on any atom is 0.261 e. The Labute approximate surface area is 100 Å². The van der Waals surface area contributed by atoms with Crippen LogP contribution in [0.4, 0.5) is 0 Å². The molecular weight excluding hydrogens is 222 g/mol. The molecule has 16 heavy (non-hydrogen) atoms. The van der Waals surface area contributed by atoms with Gasteiger partial charge in [0.2, 0.25) is 0 Å². The standard InChI is InChI=1S/C12H19NO2S/c1-5-9-6-7-10(16-9)11(15)13-12(3,4)8(2)14/h6-8,14H,5H2,1-4H3,(H,13,15). The summed E-state index contributed by atoms with van der Waals surface area (Å²) in [6, 6.07) is 3.80. The lowest BCUT2D eigenvalue weighted by atomic mass is 9.99. The van der Waals surface area contributed by atoms with Gasteiger partial charge in [0, 0.05) is 4.88 Å². The van der Waals surface area contributed by atoms with Gasteiger partial charge >= 0.3 is 0 Å². The molecule has 2 N–H and O–H groups in total. The van der Waals surface area contributed by atoms with Crippen LogP contribution in [0.5, 0.6) is 0 Å². The first kappa shape index (κ1) is 13.2. The van der Waals surface area contributed by atoms with Gasteiger partial charge in [-0.2, -0.15) is 0 Å². The summed E-state index contributed by atoms with van der Waals surface area (Å²) in [5, 5.41) is 12.3. The zero-order chi connectivity index (χ0) is 12.3. The minimum absolute atomic E-state index is 0.115. The molecule has 1 aromatic heterocycles. The van der Waals surface area contributed by atoms with E-state index in [1.54, 1.807) is 6.92 Å². The van der Waals surface area contributed by atoms with E-state index < -0.39 is 11.6 Å². The molecule has 1 aromatic rings. The Bertz CT molecular complexity index is 369. The van der Waals surface area contributed by atoms with E-state index in [0.29, 0.717) is 4.88 Å². The van der Waals surface area contributed by atoms with E-state index >= 15 is 0 Å². The molecule has 0 aliphatic carbocycles. The van der Waals surface area contributed by atoms with Crippen molar-refractivity contribution in [3.05, 3.63) is 21.9 Å². The molecule has 0 saturated carbocycles. The number of hydrogen-bond donors (Lipinski definition) is 2. The smallest absolute Gasteiger partial charge is 0.261 e. The van der Waals surface area contributed by atoms with Crippen molar-refractivity contribution in [1.82, 2.24) is 5.32 Å². The molecule has 1 unspecified atom stereocenters. The molecule has 0 aliphatic heterocycles. The van der Waals surface area contributed by atoms with Crippen molar-refractivity contribution in [3.63, 3.8) is 0 Å². The van der Waals surface area contributed by atoms with Gasteiger partial charge in [-0.05, 0) is 39.3 Å². The SMILES string of the molecule is CCc1ccc(C(=O)NC(C)(C)C(C)O)s1. The zero-order valence-corrected chi connectivity index (χ0v) is 11.0. The summed E-state index contributed by atoms with van der Waals surface area (Å²) in [5.41, 5.74) is -0.604. The van der Waals surface area contributed by atoms with Crippen molar-refractivity contribution in [2.75, 3.05) is 0 Å². The van der Waals surface area contributed by atoms with Crippen molar-refractivity contribution >= 4 is 17.2 Å². The topological polar surface area (TPSA) is 49.3 Å². The van der Waals surface area contributed by atoms with E-state index in [1.807, 2.05) is 26.0 Å². The number of rotatable bonds is 4. The van der Waals surface area contributed by atoms with Crippen molar-refractivity contribution in [1.29, 1.82) is 0 Å². The highest BCUT2D eigenvalue weighted by Gasteiger charge is 2.26. The number of amides is 1. The summed E-state index contributed by atoms with van der Waals surface area (Å²) in [7, 11) is 0. The third kappa shape index (κ3) is 3.06. The van der Waals surface area contributed by atoms with Gasteiger partial charge in [0.15, 0.2) is 0 Å². The van der Waals surface area contributed by atoms with Gasteiger partial charge in [-0.25, -0.2) is 0 Å². The Hall–Kier alpha value is -0.870. The number of aliphatic hydroxyl groups is 1. The van der Waals surface area contributed by atoms with E-state index in [9.17, 15) is 9.90 Å². The summed E-state index contributed by atoms with van der Waals surface area (Å²) in [6.07, 6.45) is 0.361. The second-order valence-corrected chi connectivity index (χ2v) is 5.64. The van der Waals surface area contributed by atoms with Crippen LogP contribution in [-0.4, -0.2) is 22.7 Å². The van der Waals surface area contributed by atoms with E-state index in [-0.39, 0.29) is 5.91 Å². The van der Waals surface area contributed by atoms with Crippen LogP contribution in [0.25, 0.3) is 0 Å². The highest BCUT2D eigenvalue weighted by atomic mass is 32.1. The molecule has 0 radical (unpaired) electrons. The number of thiophene rings is 1. The lowest BCUT2D eigenvalue weighted by molar-refractivity contribution is 0.0712. The Kier molecular flexibility index (Phi) is 4.10. The highest BCUT2D eigenvalue weighted by molar-refractivity contribution is 7.14. The molecule has 1 rings (SSSR count). The lowest BCUT2D eigenvalue weighted by Crippen LogP contribution is -2.50. The Morgan fingerprint density at radius 3 is 2.62 bits per heavy atom. The number of aliphatic hydroxyl groups excluding tert-OH is 1. The monoisotopic (exact) mass is 241 g/mol. The molecular formula is C12H19NO2S. The fourth-order valence-electron chi connectivity index (χ4n) is 1.15. The predicted molar refractivity (Wildman–Crippen MR) is 66.9 cm³/mol. The lowest BCUT2D eigenvalue weighted by Gasteiger charge is -2.29. The second-order valence-electron chi connectivity index (χ2n) is 4.47. The van der Waals surface area contributed by atoms with Crippen LogP contribution in [0, 0.1) is 0 Å². The number of hydrogen-bond acceptors (Lipinski definition) is 3. The van der Waals surface area contributed by atoms with Crippen molar-refractivity contribution < 1.29 is 9.90 Å². The minimum atomic E-state index is -0.604. The molecule has 0 spiro atoms. The fraction of sp³-hybridized carbons (Fsp3) is 0.583. The van der Waals surface area contributed by atoms with Crippen LogP contribution in [0.1, 0.15) is 42.2 Å². The van der Waals surface area contributed by atoms with Crippen LogP contribution < -0.4 is 5.32 Å². The van der Waals surface area contributed by atoms with Gasteiger partial charge in [-0.1, -0.05) is 6.92 Å². The van der Waals surface area contributed by atoms with Crippen LogP contribution in [-0.2, 0) is 6.42 Å². The normalized spacial score (nSPS) is 13.6. The minimum Gasteiger partial charge on any atom is -0.391 e.